The van der Waals surface area contributed by atoms with E-state index in [1.807, 2.05) is 12.1 Å². The first kappa shape index (κ1) is 13.6. The lowest BCUT2D eigenvalue weighted by Gasteiger charge is -2.23. The van der Waals surface area contributed by atoms with Crippen molar-refractivity contribution in [2.75, 3.05) is 13.2 Å². The number of nitrogens with two attached hydrogens (primary N) is 1. The van der Waals surface area contributed by atoms with E-state index in [0.29, 0.717) is 22.9 Å². The third-order valence-corrected chi connectivity index (χ3v) is 3.44. The number of thiocarbonyl (C=S) groups is 1. The van der Waals surface area contributed by atoms with Crippen LogP contribution in [0.2, 0.25) is 5.02 Å². The van der Waals surface area contributed by atoms with Crippen LogP contribution in [0.25, 0.3) is 0 Å². The van der Waals surface area contributed by atoms with Gasteiger partial charge in [-0.3, -0.25) is 0 Å². The minimum Gasteiger partial charge on any atom is -0.490 e. The third-order valence-electron chi connectivity index (χ3n) is 2.92. The van der Waals surface area contributed by atoms with Gasteiger partial charge in [0.2, 0.25) is 0 Å². The van der Waals surface area contributed by atoms with Crippen molar-refractivity contribution in [1.29, 1.82) is 0 Å². The van der Waals surface area contributed by atoms with E-state index in [-0.39, 0.29) is 11.1 Å². The van der Waals surface area contributed by atoms with Crippen molar-refractivity contribution in [2.45, 2.75) is 25.4 Å². The summed E-state index contributed by atoms with van der Waals surface area (Å²) in [6, 6.07) is 5.39. The van der Waals surface area contributed by atoms with Gasteiger partial charge in [0.05, 0.1) is 16.7 Å². The molecule has 18 heavy (non-hydrogen) atoms. The van der Waals surface area contributed by atoms with Crippen LogP contribution in [0.3, 0.4) is 0 Å². The minimum absolute atomic E-state index is 0.150. The van der Waals surface area contributed by atoms with Crippen LogP contribution in [0.4, 0.5) is 0 Å². The molecule has 1 heterocycles. The molecule has 0 aromatic heterocycles. The summed E-state index contributed by atoms with van der Waals surface area (Å²) in [6.07, 6.45) is 3.50. The van der Waals surface area contributed by atoms with Gasteiger partial charge in [-0.2, -0.15) is 0 Å². The van der Waals surface area contributed by atoms with E-state index in [1.165, 1.54) is 6.42 Å². The Labute approximate surface area is 117 Å². The second kappa shape index (κ2) is 6.36. The molecule has 1 aliphatic heterocycles. The Morgan fingerprint density at radius 1 is 1.50 bits per heavy atom. The minimum atomic E-state index is 0.150. The van der Waals surface area contributed by atoms with Crippen molar-refractivity contribution in [3.8, 4) is 5.75 Å². The highest BCUT2D eigenvalue weighted by Crippen LogP contribution is 2.27. The number of hydrogen-bond donors (Lipinski definition) is 1. The number of halogens is 1. The molecule has 3 nitrogen and oxygen atoms in total. The molecule has 1 atom stereocenters. The van der Waals surface area contributed by atoms with Gasteiger partial charge >= 0.3 is 0 Å². The molecule has 5 heteroatoms. The molecule has 1 aromatic carbocycles. The molecular formula is C13H16ClNO2S. The topological polar surface area (TPSA) is 44.5 Å². The molecule has 1 fully saturated rings. The Hall–Kier alpha value is -0.840. The van der Waals surface area contributed by atoms with Gasteiger partial charge in [0, 0.05) is 6.61 Å². The molecule has 2 N–H and O–H groups in total. The van der Waals surface area contributed by atoms with Crippen molar-refractivity contribution in [2.24, 2.45) is 5.73 Å². The molecule has 98 valence electrons. The van der Waals surface area contributed by atoms with E-state index in [1.54, 1.807) is 6.07 Å². The summed E-state index contributed by atoms with van der Waals surface area (Å²) < 4.78 is 11.3. The summed E-state index contributed by atoms with van der Waals surface area (Å²) >= 11 is 11.1. The summed E-state index contributed by atoms with van der Waals surface area (Å²) in [7, 11) is 0. The summed E-state index contributed by atoms with van der Waals surface area (Å²) in [5.41, 5.74) is 6.26. The lowest BCUT2D eigenvalue weighted by molar-refractivity contribution is -0.0111. The first-order valence-corrected chi connectivity index (χ1v) is 6.80. The van der Waals surface area contributed by atoms with Crippen LogP contribution < -0.4 is 10.5 Å². The summed E-state index contributed by atoms with van der Waals surface area (Å²) in [4.78, 5) is 0.250. The number of rotatable bonds is 4. The lowest BCUT2D eigenvalue weighted by Crippen LogP contribution is -2.26. The van der Waals surface area contributed by atoms with Crippen molar-refractivity contribution in [3.05, 3.63) is 28.8 Å². The first-order chi connectivity index (χ1) is 8.68. The van der Waals surface area contributed by atoms with Crippen LogP contribution in [0.15, 0.2) is 18.2 Å². The van der Waals surface area contributed by atoms with Crippen LogP contribution in [0.1, 0.15) is 24.8 Å². The van der Waals surface area contributed by atoms with Crippen molar-refractivity contribution in [3.63, 3.8) is 0 Å². The highest BCUT2D eigenvalue weighted by Gasteiger charge is 2.16. The Morgan fingerprint density at radius 3 is 3.00 bits per heavy atom. The largest absolute Gasteiger partial charge is 0.490 e. The van der Waals surface area contributed by atoms with Crippen LogP contribution in [-0.4, -0.2) is 24.3 Å². The van der Waals surface area contributed by atoms with Crippen LogP contribution in [0.5, 0.6) is 5.75 Å². The molecule has 1 aliphatic rings. The van der Waals surface area contributed by atoms with Crippen LogP contribution >= 0.6 is 23.8 Å². The van der Waals surface area contributed by atoms with Crippen molar-refractivity contribution in [1.82, 2.24) is 0 Å². The van der Waals surface area contributed by atoms with E-state index in [0.717, 1.165) is 19.4 Å². The SMILES string of the molecule is NC(=S)c1c(Cl)cccc1OCC1CCCCO1. The zero-order valence-corrected chi connectivity index (χ0v) is 11.6. The molecule has 1 aromatic rings. The Kier molecular flexibility index (Phi) is 4.80. The van der Waals surface area contributed by atoms with E-state index < -0.39 is 0 Å². The third kappa shape index (κ3) is 3.34. The maximum absolute atomic E-state index is 6.07. The van der Waals surface area contributed by atoms with Gasteiger partial charge in [0.1, 0.15) is 17.3 Å². The normalized spacial score (nSPS) is 19.5. The molecule has 0 radical (unpaired) electrons. The molecule has 2 rings (SSSR count). The molecular weight excluding hydrogens is 270 g/mol. The van der Waals surface area contributed by atoms with Gasteiger partial charge in [0.25, 0.3) is 0 Å². The van der Waals surface area contributed by atoms with Gasteiger partial charge < -0.3 is 15.2 Å². The maximum atomic E-state index is 6.07. The van der Waals surface area contributed by atoms with E-state index in [2.05, 4.69) is 0 Å². The van der Waals surface area contributed by atoms with Crippen LogP contribution in [0, 0.1) is 0 Å². The summed E-state index contributed by atoms with van der Waals surface area (Å²) in [6.45, 7) is 1.32. The number of hydrogen-bond acceptors (Lipinski definition) is 3. The zero-order chi connectivity index (χ0) is 13.0. The molecule has 0 amide bonds. The van der Waals surface area contributed by atoms with Gasteiger partial charge in [-0.25, -0.2) is 0 Å². The van der Waals surface area contributed by atoms with Gasteiger partial charge in [0.15, 0.2) is 0 Å². The summed E-state index contributed by atoms with van der Waals surface area (Å²) in [5.74, 6) is 0.629. The maximum Gasteiger partial charge on any atom is 0.131 e. The van der Waals surface area contributed by atoms with Crippen LogP contribution in [-0.2, 0) is 4.74 Å². The second-order valence-corrected chi connectivity index (χ2v) is 5.12. The highest BCUT2D eigenvalue weighted by atomic mass is 35.5. The Balaban J connectivity index is 2.04. The lowest BCUT2D eigenvalue weighted by atomic mass is 10.1. The van der Waals surface area contributed by atoms with Gasteiger partial charge in [-0.05, 0) is 31.4 Å². The Morgan fingerprint density at radius 2 is 2.33 bits per heavy atom. The average molecular weight is 286 g/mol. The zero-order valence-electron chi connectivity index (χ0n) is 10.0. The van der Waals surface area contributed by atoms with Gasteiger partial charge in [-0.15, -0.1) is 0 Å². The molecule has 0 bridgehead atoms. The quantitative estimate of drug-likeness (QED) is 0.864. The standard InChI is InChI=1S/C13H16ClNO2S/c14-10-5-3-6-11(12(10)13(15)18)17-8-9-4-1-2-7-16-9/h3,5-6,9H,1-2,4,7-8H2,(H2,15,18). The van der Waals surface area contributed by atoms with Crippen molar-refractivity contribution < 1.29 is 9.47 Å². The fourth-order valence-corrected chi connectivity index (χ4v) is 2.52. The molecule has 1 unspecified atom stereocenters. The monoisotopic (exact) mass is 285 g/mol. The van der Waals surface area contributed by atoms with Gasteiger partial charge in [-0.1, -0.05) is 29.9 Å². The van der Waals surface area contributed by atoms with E-state index in [9.17, 15) is 0 Å². The molecule has 0 saturated carbocycles. The average Bonchev–Trinajstić information content (AvgIpc) is 2.37. The number of benzene rings is 1. The fraction of sp³-hybridized carbons (Fsp3) is 0.462. The predicted molar refractivity (Wildman–Crippen MR) is 76.4 cm³/mol. The second-order valence-electron chi connectivity index (χ2n) is 4.28. The molecule has 1 saturated heterocycles. The first-order valence-electron chi connectivity index (χ1n) is 6.01. The highest BCUT2D eigenvalue weighted by molar-refractivity contribution is 7.80. The smallest absolute Gasteiger partial charge is 0.131 e. The van der Waals surface area contributed by atoms with E-state index in [4.69, 9.17) is 39.0 Å². The molecule has 0 aliphatic carbocycles. The number of ether oxygens (including phenoxy) is 2. The Bertz CT molecular complexity index is 433. The predicted octanol–water partition coefficient (Wildman–Crippen LogP) is 2.92. The van der Waals surface area contributed by atoms with E-state index >= 15 is 0 Å². The summed E-state index contributed by atoms with van der Waals surface area (Å²) in [5, 5.41) is 0.518. The fourth-order valence-electron chi connectivity index (χ4n) is 1.99. The van der Waals surface area contributed by atoms with Crippen molar-refractivity contribution >= 4 is 28.8 Å². The molecule has 0 spiro atoms.